The van der Waals surface area contributed by atoms with Gasteiger partial charge in [-0.2, -0.15) is 0 Å². The van der Waals surface area contributed by atoms with Crippen LogP contribution in [0.3, 0.4) is 0 Å². The van der Waals surface area contributed by atoms with Gasteiger partial charge >= 0.3 is 0 Å². The summed E-state index contributed by atoms with van der Waals surface area (Å²) >= 11 is 0. The molecule has 1 N–H and O–H groups in total. The van der Waals surface area contributed by atoms with Gasteiger partial charge in [-0.25, -0.2) is 0 Å². The minimum atomic E-state index is 0.579. The number of hydrogen-bond acceptors (Lipinski definition) is 1. The normalized spacial score (nSPS) is 22.9. The van der Waals surface area contributed by atoms with Gasteiger partial charge in [0.25, 0.3) is 0 Å². The highest BCUT2D eigenvalue weighted by Gasteiger charge is 2.29. The molecule has 2 saturated carbocycles. The molecule has 0 bridgehead atoms. The number of hydrogen-bond donors (Lipinski definition) is 1. The summed E-state index contributed by atoms with van der Waals surface area (Å²) in [7, 11) is 0. The molecule has 0 spiro atoms. The second-order valence-electron chi connectivity index (χ2n) is 7.24. The molecule has 116 valence electrons. The lowest BCUT2D eigenvalue weighted by atomic mass is 9.80. The van der Waals surface area contributed by atoms with Gasteiger partial charge in [-0.05, 0) is 43.1 Å². The lowest BCUT2D eigenvalue weighted by Gasteiger charge is -2.34. The standard InChI is InChI=1S/C20H31N/c1-2-19(15-16-13-14-16)21-20(17-9-5-3-6-10-17)18-11-7-4-8-12-18/h3,5-6,9-10,16,18-21H,2,4,7-8,11-15H2,1H3. The van der Waals surface area contributed by atoms with Crippen LogP contribution in [0.15, 0.2) is 30.3 Å². The van der Waals surface area contributed by atoms with E-state index in [9.17, 15) is 0 Å². The molecule has 3 rings (SSSR count). The Bertz CT molecular complexity index is 403. The summed E-state index contributed by atoms with van der Waals surface area (Å²) in [5.74, 6) is 1.86. The van der Waals surface area contributed by atoms with E-state index >= 15 is 0 Å². The van der Waals surface area contributed by atoms with E-state index < -0.39 is 0 Å². The average molecular weight is 285 g/mol. The second kappa shape index (κ2) is 7.45. The van der Waals surface area contributed by atoms with E-state index in [-0.39, 0.29) is 0 Å². The Kier molecular flexibility index (Phi) is 5.35. The fraction of sp³-hybridized carbons (Fsp3) is 0.700. The fourth-order valence-electron chi connectivity index (χ4n) is 3.99. The molecule has 0 radical (unpaired) electrons. The Morgan fingerprint density at radius 1 is 1.00 bits per heavy atom. The summed E-state index contributed by atoms with van der Waals surface area (Å²) in [6, 6.07) is 12.5. The maximum absolute atomic E-state index is 4.06. The molecule has 0 heterocycles. The molecular formula is C20H31N. The summed E-state index contributed by atoms with van der Waals surface area (Å²) in [5, 5.41) is 4.06. The maximum atomic E-state index is 4.06. The van der Waals surface area contributed by atoms with Crippen LogP contribution in [0.4, 0.5) is 0 Å². The molecular weight excluding hydrogens is 254 g/mol. The van der Waals surface area contributed by atoms with Crippen molar-refractivity contribution >= 4 is 0 Å². The van der Waals surface area contributed by atoms with Crippen molar-refractivity contribution in [3.63, 3.8) is 0 Å². The van der Waals surface area contributed by atoms with E-state index in [4.69, 9.17) is 0 Å². The number of nitrogens with one attached hydrogen (secondary N) is 1. The third kappa shape index (κ3) is 4.32. The van der Waals surface area contributed by atoms with Gasteiger partial charge in [0.2, 0.25) is 0 Å². The Morgan fingerprint density at radius 2 is 1.71 bits per heavy atom. The van der Waals surface area contributed by atoms with E-state index in [1.54, 1.807) is 0 Å². The lowest BCUT2D eigenvalue weighted by Crippen LogP contribution is -2.37. The largest absolute Gasteiger partial charge is 0.307 e. The van der Waals surface area contributed by atoms with E-state index in [2.05, 4.69) is 42.6 Å². The van der Waals surface area contributed by atoms with Gasteiger partial charge in [-0.3, -0.25) is 0 Å². The summed E-state index contributed by atoms with van der Waals surface area (Å²) in [6.45, 7) is 2.35. The van der Waals surface area contributed by atoms with E-state index in [1.807, 2.05) is 0 Å². The predicted molar refractivity (Wildman–Crippen MR) is 90.3 cm³/mol. The molecule has 0 amide bonds. The molecule has 0 saturated heterocycles. The molecule has 1 aromatic rings. The monoisotopic (exact) mass is 285 g/mol. The zero-order valence-electron chi connectivity index (χ0n) is 13.6. The van der Waals surface area contributed by atoms with Crippen LogP contribution in [0.5, 0.6) is 0 Å². The molecule has 0 aliphatic heterocycles. The summed E-state index contributed by atoms with van der Waals surface area (Å²) in [5.41, 5.74) is 1.51. The first-order valence-corrected chi connectivity index (χ1v) is 9.17. The molecule has 2 atom stereocenters. The van der Waals surface area contributed by atoms with Gasteiger partial charge in [-0.15, -0.1) is 0 Å². The molecule has 1 nitrogen and oxygen atoms in total. The van der Waals surface area contributed by atoms with Gasteiger partial charge in [-0.1, -0.05) is 69.4 Å². The highest BCUT2D eigenvalue weighted by Crippen LogP contribution is 2.37. The summed E-state index contributed by atoms with van der Waals surface area (Å²) < 4.78 is 0. The van der Waals surface area contributed by atoms with Crippen LogP contribution >= 0.6 is 0 Å². The smallest absolute Gasteiger partial charge is 0.0351 e. The molecule has 21 heavy (non-hydrogen) atoms. The molecule has 2 unspecified atom stereocenters. The van der Waals surface area contributed by atoms with Crippen molar-refractivity contribution in [1.82, 2.24) is 5.32 Å². The SMILES string of the molecule is CCC(CC1CC1)NC(c1ccccc1)C1CCCCC1. The van der Waals surface area contributed by atoms with Crippen LogP contribution in [0.1, 0.15) is 76.3 Å². The van der Waals surface area contributed by atoms with Crippen molar-refractivity contribution in [1.29, 1.82) is 0 Å². The van der Waals surface area contributed by atoms with E-state index in [0.29, 0.717) is 12.1 Å². The van der Waals surface area contributed by atoms with Gasteiger partial charge in [0.05, 0.1) is 0 Å². The van der Waals surface area contributed by atoms with Crippen molar-refractivity contribution in [2.24, 2.45) is 11.8 Å². The Balaban J connectivity index is 1.70. The molecule has 2 fully saturated rings. The zero-order valence-corrected chi connectivity index (χ0v) is 13.6. The highest BCUT2D eigenvalue weighted by atomic mass is 15.0. The van der Waals surface area contributed by atoms with E-state index in [1.165, 1.54) is 63.4 Å². The third-order valence-corrected chi connectivity index (χ3v) is 5.50. The molecule has 0 aromatic heterocycles. The third-order valence-electron chi connectivity index (χ3n) is 5.50. The lowest BCUT2D eigenvalue weighted by molar-refractivity contribution is 0.244. The Morgan fingerprint density at radius 3 is 2.33 bits per heavy atom. The van der Waals surface area contributed by atoms with Gasteiger partial charge in [0.1, 0.15) is 0 Å². The van der Waals surface area contributed by atoms with E-state index in [0.717, 1.165) is 11.8 Å². The van der Waals surface area contributed by atoms with Gasteiger partial charge in [0, 0.05) is 12.1 Å². The first-order valence-electron chi connectivity index (χ1n) is 9.17. The quantitative estimate of drug-likeness (QED) is 0.700. The average Bonchev–Trinajstić information content (AvgIpc) is 3.37. The van der Waals surface area contributed by atoms with Crippen LogP contribution in [-0.4, -0.2) is 6.04 Å². The highest BCUT2D eigenvalue weighted by molar-refractivity contribution is 5.20. The summed E-state index contributed by atoms with van der Waals surface area (Å²) in [4.78, 5) is 0. The van der Waals surface area contributed by atoms with Crippen molar-refractivity contribution in [2.45, 2.75) is 76.8 Å². The Hall–Kier alpha value is -0.820. The fourth-order valence-corrected chi connectivity index (χ4v) is 3.99. The summed E-state index contributed by atoms with van der Waals surface area (Å²) in [6.07, 6.45) is 12.7. The first-order chi connectivity index (χ1) is 10.4. The second-order valence-corrected chi connectivity index (χ2v) is 7.24. The maximum Gasteiger partial charge on any atom is 0.0351 e. The number of rotatable bonds is 7. The Labute approximate surface area is 130 Å². The molecule has 1 heteroatoms. The molecule has 2 aliphatic rings. The topological polar surface area (TPSA) is 12.0 Å². The van der Waals surface area contributed by atoms with Crippen molar-refractivity contribution in [3.05, 3.63) is 35.9 Å². The predicted octanol–water partition coefficient (Wildman–Crippen LogP) is 5.48. The number of benzene rings is 1. The first kappa shape index (κ1) is 15.1. The van der Waals surface area contributed by atoms with Crippen LogP contribution < -0.4 is 5.32 Å². The van der Waals surface area contributed by atoms with Crippen LogP contribution in [0.2, 0.25) is 0 Å². The van der Waals surface area contributed by atoms with Crippen molar-refractivity contribution in [3.8, 4) is 0 Å². The van der Waals surface area contributed by atoms with Crippen LogP contribution in [0, 0.1) is 11.8 Å². The zero-order chi connectivity index (χ0) is 14.5. The molecule has 1 aromatic carbocycles. The van der Waals surface area contributed by atoms with Crippen molar-refractivity contribution < 1.29 is 0 Å². The minimum Gasteiger partial charge on any atom is -0.307 e. The minimum absolute atomic E-state index is 0.579. The van der Waals surface area contributed by atoms with Gasteiger partial charge in [0.15, 0.2) is 0 Å². The van der Waals surface area contributed by atoms with Crippen LogP contribution in [0.25, 0.3) is 0 Å². The van der Waals surface area contributed by atoms with Gasteiger partial charge < -0.3 is 5.32 Å². The van der Waals surface area contributed by atoms with Crippen molar-refractivity contribution in [2.75, 3.05) is 0 Å². The molecule has 2 aliphatic carbocycles. The van der Waals surface area contributed by atoms with Crippen LogP contribution in [-0.2, 0) is 0 Å².